The highest BCUT2D eigenvalue weighted by Gasteiger charge is 2.08. The van der Waals surface area contributed by atoms with Crippen LogP contribution in [0.25, 0.3) is 0 Å². The second-order valence-electron chi connectivity index (χ2n) is 2.27. The van der Waals surface area contributed by atoms with Crippen molar-refractivity contribution in [2.24, 2.45) is 5.14 Å². The Labute approximate surface area is 73.5 Å². The Morgan fingerprint density at radius 2 is 1.62 bits per heavy atom. The molecular weight excluding hydrogens is 202 g/mol. The summed E-state index contributed by atoms with van der Waals surface area (Å²) in [7, 11) is -3.81. The van der Waals surface area contributed by atoms with Crippen LogP contribution in [0.5, 0.6) is 0 Å². The van der Waals surface area contributed by atoms with Gasteiger partial charge in [0.1, 0.15) is 5.69 Å². The number of primary sulfonamides is 1. The highest BCUT2D eigenvalue weighted by molar-refractivity contribution is 7.89. The van der Waals surface area contributed by atoms with Crippen LogP contribution in [0.3, 0.4) is 0 Å². The van der Waals surface area contributed by atoms with E-state index < -0.39 is 21.1 Å². The van der Waals surface area contributed by atoms with Crippen molar-refractivity contribution in [2.45, 2.75) is 4.90 Å². The van der Waals surface area contributed by atoms with Crippen molar-refractivity contribution in [3.05, 3.63) is 24.3 Å². The van der Waals surface area contributed by atoms with E-state index in [1.807, 2.05) is 0 Å². The lowest BCUT2D eigenvalue weighted by molar-refractivity contribution is 0.235. The van der Waals surface area contributed by atoms with Gasteiger partial charge in [0.15, 0.2) is 0 Å². The quantitative estimate of drug-likeness (QED) is 0.735. The Morgan fingerprint density at radius 1 is 1.15 bits per heavy atom. The molecule has 0 atom stereocenters. The molecule has 0 spiro atoms. The minimum atomic E-state index is -3.81. The molecule has 4 nitrogen and oxygen atoms in total. The number of hydrogen-bond donors (Lipinski definition) is 1. The molecule has 0 aliphatic heterocycles. The molecule has 1 aromatic rings. The summed E-state index contributed by atoms with van der Waals surface area (Å²) in [5.74, 6) is 0. The molecule has 0 saturated heterocycles. The zero-order chi connectivity index (χ0) is 10.1. The Hall–Kier alpha value is -1.21. The molecule has 0 aliphatic rings. The lowest BCUT2D eigenvalue weighted by Gasteiger charge is -2.02. The summed E-state index contributed by atoms with van der Waals surface area (Å²) in [6.45, 7) is 0. The van der Waals surface area contributed by atoms with Gasteiger partial charge in [0, 0.05) is 0 Å². The fraction of sp³-hybridized carbons (Fsp3) is 0. The van der Waals surface area contributed by atoms with E-state index in [1.54, 1.807) is 0 Å². The van der Waals surface area contributed by atoms with Gasteiger partial charge in [-0.05, 0) is 29.6 Å². The van der Waals surface area contributed by atoms with Gasteiger partial charge < -0.3 is 0 Å². The second-order valence-corrected chi connectivity index (χ2v) is 3.83. The largest absolute Gasteiger partial charge is 0.238 e. The maximum absolute atomic E-state index is 11.8. The first-order valence-electron chi connectivity index (χ1n) is 3.16. The standard InChI is InChI=1S/C6H6F2N2O2S/c7-10(8)5-1-3-6(4-2-5)13(9,11)12/h1-4H,(H2,9,11,12). The number of benzene rings is 1. The molecule has 0 aliphatic carbocycles. The van der Waals surface area contributed by atoms with E-state index >= 15 is 0 Å². The third-order valence-corrected chi connectivity index (χ3v) is 2.29. The molecule has 7 heteroatoms. The van der Waals surface area contributed by atoms with Gasteiger partial charge >= 0.3 is 0 Å². The highest BCUT2D eigenvalue weighted by atomic mass is 32.2. The van der Waals surface area contributed by atoms with Crippen LogP contribution in [0.15, 0.2) is 29.2 Å². The van der Waals surface area contributed by atoms with Crippen molar-refractivity contribution in [3.63, 3.8) is 0 Å². The molecule has 0 heterocycles. The molecule has 1 aromatic carbocycles. The number of nitrogens with two attached hydrogens (primary N) is 1. The van der Waals surface area contributed by atoms with Crippen LogP contribution < -0.4 is 10.5 Å². The van der Waals surface area contributed by atoms with E-state index in [0.717, 1.165) is 24.3 Å². The smallest absolute Gasteiger partial charge is 0.225 e. The second kappa shape index (κ2) is 3.27. The van der Waals surface area contributed by atoms with Crippen LogP contribution in [0, 0.1) is 0 Å². The Balaban J connectivity index is 3.08. The summed E-state index contributed by atoms with van der Waals surface area (Å²) in [6, 6.07) is 3.94. The normalized spacial score (nSPS) is 11.3. The lowest BCUT2D eigenvalue weighted by atomic mass is 10.3. The molecule has 0 bridgehead atoms. The van der Waals surface area contributed by atoms with E-state index in [9.17, 15) is 17.4 Å². The van der Waals surface area contributed by atoms with Crippen molar-refractivity contribution >= 4 is 15.7 Å². The van der Waals surface area contributed by atoms with E-state index in [2.05, 4.69) is 0 Å². The Kier molecular flexibility index (Phi) is 2.48. The Bertz CT molecular complexity index is 388. The van der Waals surface area contributed by atoms with Crippen LogP contribution in [0.1, 0.15) is 0 Å². The zero-order valence-electron chi connectivity index (χ0n) is 6.31. The number of sulfonamides is 1. The van der Waals surface area contributed by atoms with Crippen molar-refractivity contribution in [3.8, 4) is 0 Å². The van der Waals surface area contributed by atoms with E-state index in [4.69, 9.17) is 5.14 Å². The maximum Gasteiger partial charge on any atom is 0.238 e. The number of halogens is 2. The molecule has 2 N–H and O–H groups in total. The first-order valence-corrected chi connectivity index (χ1v) is 4.70. The van der Waals surface area contributed by atoms with Crippen molar-refractivity contribution in [2.75, 3.05) is 5.34 Å². The summed E-state index contributed by atoms with van der Waals surface area (Å²) in [4.78, 5) is -0.196. The zero-order valence-corrected chi connectivity index (χ0v) is 7.13. The van der Waals surface area contributed by atoms with Crippen molar-refractivity contribution in [1.82, 2.24) is 0 Å². The molecule has 0 fully saturated rings. The first-order chi connectivity index (χ1) is 5.91. The van der Waals surface area contributed by atoms with E-state index in [0.29, 0.717) is 0 Å². The van der Waals surface area contributed by atoms with Gasteiger partial charge in [-0.25, -0.2) is 13.6 Å². The minimum Gasteiger partial charge on any atom is -0.225 e. The molecule has 13 heavy (non-hydrogen) atoms. The van der Waals surface area contributed by atoms with Gasteiger partial charge in [-0.15, -0.1) is 0 Å². The summed E-state index contributed by atoms with van der Waals surface area (Å²) in [6.07, 6.45) is 0. The molecule has 0 saturated carbocycles. The highest BCUT2D eigenvalue weighted by Crippen LogP contribution is 2.17. The fourth-order valence-corrected chi connectivity index (χ4v) is 1.26. The van der Waals surface area contributed by atoms with Gasteiger partial charge in [0.05, 0.1) is 4.90 Å². The summed E-state index contributed by atoms with van der Waals surface area (Å²) in [5, 5.41) is 3.64. The van der Waals surface area contributed by atoms with Crippen LogP contribution in [0.4, 0.5) is 14.6 Å². The molecule has 1 rings (SSSR count). The van der Waals surface area contributed by atoms with Gasteiger partial charge in [-0.3, -0.25) is 0 Å². The van der Waals surface area contributed by atoms with E-state index in [-0.39, 0.29) is 4.90 Å². The molecule has 0 amide bonds. The Morgan fingerprint density at radius 3 is 1.92 bits per heavy atom. The maximum atomic E-state index is 11.8. The van der Waals surface area contributed by atoms with Crippen LogP contribution >= 0.6 is 0 Å². The molecule has 0 aromatic heterocycles. The third-order valence-electron chi connectivity index (χ3n) is 1.36. The summed E-state index contributed by atoms with van der Waals surface area (Å²) in [5.41, 5.74) is -0.396. The van der Waals surface area contributed by atoms with Gasteiger partial charge in [0.25, 0.3) is 0 Å². The van der Waals surface area contributed by atoms with Crippen LogP contribution in [0.2, 0.25) is 0 Å². The average molecular weight is 208 g/mol. The fourth-order valence-electron chi connectivity index (χ4n) is 0.749. The number of hydrogen-bond acceptors (Lipinski definition) is 3. The number of anilines is 1. The number of nitrogens with zero attached hydrogens (tertiary/aromatic N) is 1. The predicted molar refractivity (Wildman–Crippen MR) is 42.5 cm³/mol. The SMILES string of the molecule is NS(=O)(=O)c1ccc(N(F)F)cc1. The lowest BCUT2D eigenvalue weighted by Crippen LogP contribution is -2.12. The monoisotopic (exact) mass is 208 g/mol. The van der Waals surface area contributed by atoms with E-state index in [1.165, 1.54) is 0 Å². The van der Waals surface area contributed by atoms with Crippen molar-refractivity contribution < 1.29 is 17.4 Å². The summed E-state index contributed by atoms with van der Waals surface area (Å²) >= 11 is 0. The average Bonchev–Trinajstić information content (AvgIpc) is 2.03. The molecule has 0 radical (unpaired) electrons. The molecule has 0 unspecified atom stereocenters. The minimum absolute atomic E-state index is 0.196. The van der Waals surface area contributed by atoms with Gasteiger partial charge in [0.2, 0.25) is 10.0 Å². The number of rotatable bonds is 2. The first kappa shape index (κ1) is 9.87. The third kappa shape index (κ3) is 2.36. The predicted octanol–water partition coefficient (Wildman–Crippen LogP) is 0.909. The molecular formula is C6H6F2N2O2S. The van der Waals surface area contributed by atoms with Crippen LogP contribution in [-0.4, -0.2) is 8.42 Å². The van der Waals surface area contributed by atoms with Gasteiger partial charge in [-0.2, -0.15) is 0 Å². The van der Waals surface area contributed by atoms with Gasteiger partial charge in [-0.1, -0.05) is 8.96 Å². The van der Waals surface area contributed by atoms with Crippen LogP contribution in [-0.2, 0) is 10.0 Å². The molecule has 72 valence electrons. The summed E-state index contributed by atoms with van der Waals surface area (Å²) < 4.78 is 45.1. The van der Waals surface area contributed by atoms with Crippen molar-refractivity contribution in [1.29, 1.82) is 0 Å². The topological polar surface area (TPSA) is 63.4 Å².